The van der Waals surface area contributed by atoms with Gasteiger partial charge >= 0.3 is 0 Å². The van der Waals surface area contributed by atoms with Crippen LogP contribution in [0.2, 0.25) is 0 Å². The van der Waals surface area contributed by atoms with Gasteiger partial charge < -0.3 is 4.74 Å². The van der Waals surface area contributed by atoms with Gasteiger partial charge in [-0.05, 0) is 36.5 Å². The van der Waals surface area contributed by atoms with Crippen LogP contribution >= 0.6 is 0 Å². The van der Waals surface area contributed by atoms with Crippen LogP contribution in [0.4, 0.5) is 8.78 Å². The number of hydrazine groups is 1. The molecule has 1 aromatic rings. The molecule has 0 aliphatic rings. The van der Waals surface area contributed by atoms with Crippen molar-refractivity contribution in [2.75, 3.05) is 13.7 Å². The maximum Gasteiger partial charge on any atom is 0.126 e. The minimum Gasteiger partial charge on any atom is -0.385 e. The van der Waals surface area contributed by atoms with Crippen LogP contribution in [0.25, 0.3) is 0 Å². The smallest absolute Gasteiger partial charge is 0.126 e. The van der Waals surface area contributed by atoms with E-state index in [-0.39, 0.29) is 12.0 Å². The summed E-state index contributed by atoms with van der Waals surface area (Å²) in [6.07, 6.45) is 1.32. The second-order valence-electron chi connectivity index (χ2n) is 4.51. The van der Waals surface area contributed by atoms with Crippen LogP contribution in [0.5, 0.6) is 0 Å². The highest BCUT2D eigenvalue weighted by molar-refractivity contribution is 5.19. The van der Waals surface area contributed by atoms with Gasteiger partial charge in [-0.3, -0.25) is 11.3 Å². The van der Waals surface area contributed by atoms with Crippen molar-refractivity contribution >= 4 is 0 Å². The molecule has 1 aromatic carbocycles. The molecule has 0 aliphatic carbocycles. The lowest BCUT2D eigenvalue weighted by Gasteiger charge is -2.23. The molecule has 3 N–H and O–H groups in total. The molecule has 1 rings (SSSR count). The molecule has 0 saturated heterocycles. The van der Waals surface area contributed by atoms with Crippen LogP contribution in [-0.2, 0) is 11.2 Å². The molecule has 2 unspecified atom stereocenters. The number of halogens is 2. The minimum absolute atomic E-state index is 0.0404. The summed E-state index contributed by atoms with van der Waals surface area (Å²) in [5, 5.41) is 0. The van der Waals surface area contributed by atoms with E-state index < -0.39 is 11.6 Å². The first-order chi connectivity index (χ1) is 8.56. The Morgan fingerprint density at radius 2 is 1.89 bits per heavy atom. The predicted molar refractivity (Wildman–Crippen MR) is 66.8 cm³/mol. The van der Waals surface area contributed by atoms with Gasteiger partial charge in [-0.15, -0.1) is 0 Å². The summed E-state index contributed by atoms with van der Waals surface area (Å²) in [6.45, 7) is 2.66. The standard InChI is InChI=1S/C13H20F2N2O/c1-9(3-4-18-2)13(17-16)7-10-5-11(14)8-12(15)6-10/h5-6,8-9,13,17H,3-4,7,16H2,1-2H3. The lowest BCUT2D eigenvalue weighted by atomic mass is 9.93. The van der Waals surface area contributed by atoms with Crippen molar-refractivity contribution < 1.29 is 13.5 Å². The molecule has 0 amide bonds. The molecule has 0 saturated carbocycles. The first-order valence-electron chi connectivity index (χ1n) is 5.97. The van der Waals surface area contributed by atoms with Gasteiger partial charge in [-0.1, -0.05) is 6.92 Å². The zero-order chi connectivity index (χ0) is 13.5. The molecule has 0 aromatic heterocycles. The molecule has 3 nitrogen and oxygen atoms in total. The lowest BCUT2D eigenvalue weighted by molar-refractivity contribution is 0.170. The van der Waals surface area contributed by atoms with Crippen LogP contribution in [-0.4, -0.2) is 19.8 Å². The van der Waals surface area contributed by atoms with Crippen molar-refractivity contribution in [3.05, 3.63) is 35.4 Å². The highest BCUT2D eigenvalue weighted by Gasteiger charge is 2.17. The zero-order valence-corrected chi connectivity index (χ0v) is 10.7. The number of ether oxygens (including phenoxy) is 1. The van der Waals surface area contributed by atoms with Crippen LogP contribution in [0.15, 0.2) is 18.2 Å². The second kappa shape index (κ2) is 7.41. The number of rotatable bonds is 7. The Labute approximate surface area is 106 Å². The third kappa shape index (κ3) is 4.68. The SMILES string of the molecule is COCCC(C)C(Cc1cc(F)cc(F)c1)NN. The van der Waals surface area contributed by atoms with Gasteiger partial charge in [0.15, 0.2) is 0 Å². The van der Waals surface area contributed by atoms with Gasteiger partial charge in [0, 0.05) is 25.8 Å². The Kier molecular flexibility index (Phi) is 6.18. The summed E-state index contributed by atoms with van der Waals surface area (Å²) in [5.41, 5.74) is 3.29. The van der Waals surface area contributed by atoms with Crippen LogP contribution < -0.4 is 11.3 Å². The first-order valence-corrected chi connectivity index (χ1v) is 5.97. The topological polar surface area (TPSA) is 47.3 Å². The summed E-state index contributed by atoms with van der Waals surface area (Å²) in [5.74, 6) is 4.61. The molecule has 0 heterocycles. The van der Waals surface area contributed by atoms with Gasteiger partial charge in [0.05, 0.1) is 0 Å². The fraction of sp³-hybridized carbons (Fsp3) is 0.538. The molecular weight excluding hydrogens is 238 g/mol. The Balaban J connectivity index is 2.66. The van der Waals surface area contributed by atoms with E-state index >= 15 is 0 Å². The number of hydrogen-bond acceptors (Lipinski definition) is 3. The predicted octanol–water partition coefficient (Wildman–Crippen LogP) is 2.01. The summed E-state index contributed by atoms with van der Waals surface area (Å²) >= 11 is 0. The molecule has 102 valence electrons. The molecule has 0 aliphatic heterocycles. The van der Waals surface area contributed by atoms with E-state index in [0.29, 0.717) is 18.6 Å². The summed E-state index contributed by atoms with van der Waals surface area (Å²) < 4.78 is 31.2. The van der Waals surface area contributed by atoms with E-state index in [9.17, 15) is 8.78 Å². The summed E-state index contributed by atoms with van der Waals surface area (Å²) in [7, 11) is 1.64. The molecule has 5 heteroatoms. The van der Waals surface area contributed by atoms with E-state index in [2.05, 4.69) is 5.43 Å². The normalized spacial score (nSPS) is 14.5. The maximum atomic E-state index is 13.1. The van der Waals surface area contributed by atoms with Crippen LogP contribution in [0.3, 0.4) is 0 Å². The van der Waals surface area contributed by atoms with Crippen molar-refractivity contribution in [3.8, 4) is 0 Å². The Morgan fingerprint density at radius 3 is 2.39 bits per heavy atom. The van der Waals surface area contributed by atoms with Crippen molar-refractivity contribution in [1.82, 2.24) is 5.43 Å². The van der Waals surface area contributed by atoms with Gasteiger partial charge in [-0.25, -0.2) is 8.78 Å². The van der Waals surface area contributed by atoms with Crippen molar-refractivity contribution in [3.63, 3.8) is 0 Å². The molecule has 2 atom stereocenters. The van der Waals surface area contributed by atoms with Crippen molar-refractivity contribution in [2.24, 2.45) is 11.8 Å². The van der Waals surface area contributed by atoms with E-state index in [1.54, 1.807) is 7.11 Å². The first kappa shape index (κ1) is 15.0. The minimum atomic E-state index is -0.565. The number of nitrogens with two attached hydrogens (primary N) is 1. The van der Waals surface area contributed by atoms with Gasteiger partial charge in [0.1, 0.15) is 11.6 Å². The molecule has 0 radical (unpaired) electrons. The number of nitrogens with one attached hydrogen (secondary N) is 1. The van der Waals surface area contributed by atoms with Crippen molar-refractivity contribution in [2.45, 2.75) is 25.8 Å². The van der Waals surface area contributed by atoms with Gasteiger partial charge in [0.25, 0.3) is 0 Å². The fourth-order valence-corrected chi connectivity index (χ4v) is 1.91. The van der Waals surface area contributed by atoms with Crippen molar-refractivity contribution in [1.29, 1.82) is 0 Å². The molecular formula is C13H20F2N2O. The Hall–Kier alpha value is -1.04. The molecule has 0 fully saturated rings. The lowest BCUT2D eigenvalue weighted by Crippen LogP contribution is -2.41. The molecule has 0 bridgehead atoms. The quantitative estimate of drug-likeness (QED) is 0.581. The highest BCUT2D eigenvalue weighted by atomic mass is 19.1. The molecule has 0 spiro atoms. The average molecular weight is 258 g/mol. The average Bonchev–Trinajstić information content (AvgIpc) is 2.31. The van der Waals surface area contributed by atoms with Crippen LogP contribution in [0.1, 0.15) is 18.9 Å². The zero-order valence-electron chi connectivity index (χ0n) is 10.7. The largest absolute Gasteiger partial charge is 0.385 e. The number of benzene rings is 1. The van der Waals surface area contributed by atoms with E-state index in [4.69, 9.17) is 10.6 Å². The Bertz CT molecular complexity index is 354. The monoisotopic (exact) mass is 258 g/mol. The summed E-state index contributed by atoms with van der Waals surface area (Å²) in [6, 6.07) is 3.48. The summed E-state index contributed by atoms with van der Waals surface area (Å²) in [4.78, 5) is 0. The Morgan fingerprint density at radius 1 is 1.28 bits per heavy atom. The second-order valence-corrected chi connectivity index (χ2v) is 4.51. The van der Waals surface area contributed by atoms with E-state index in [1.807, 2.05) is 6.92 Å². The number of methoxy groups -OCH3 is 1. The van der Waals surface area contributed by atoms with E-state index in [0.717, 1.165) is 12.5 Å². The van der Waals surface area contributed by atoms with Gasteiger partial charge in [-0.2, -0.15) is 0 Å². The van der Waals surface area contributed by atoms with E-state index in [1.165, 1.54) is 12.1 Å². The third-order valence-corrected chi connectivity index (χ3v) is 3.06. The highest BCUT2D eigenvalue weighted by Crippen LogP contribution is 2.15. The maximum absolute atomic E-state index is 13.1. The third-order valence-electron chi connectivity index (χ3n) is 3.06. The molecule has 18 heavy (non-hydrogen) atoms. The van der Waals surface area contributed by atoms with Gasteiger partial charge in [0.2, 0.25) is 0 Å². The fourth-order valence-electron chi connectivity index (χ4n) is 1.91. The van der Waals surface area contributed by atoms with Crippen LogP contribution in [0, 0.1) is 17.6 Å². The number of hydrogen-bond donors (Lipinski definition) is 2.